The smallest absolute Gasteiger partial charge is 0.139 e. The number of aromatic nitrogens is 2. The lowest BCUT2D eigenvalue weighted by atomic mass is 10.2. The summed E-state index contributed by atoms with van der Waals surface area (Å²) in [4.78, 5) is 7.38. The molecule has 20 heavy (non-hydrogen) atoms. The van der Waals surface area contributed by atoms with Crippen molar-refractivity contribution in [2.24, 2.45) is 0 Å². The van der Waals surface area contributed by atoms with Crippen LogP contribution in [0.5, 0.6) is 5.75 Å². The second-order valence-corrected chi connectivity index (χ2v) is 4.55. The first-order valence-corrected chi connectivity index (χ1v) is 6.52. The average Bonchev–Trinajstić information content (AvgIpc) is 2.89. The first-order chi connectivity index (χ1) is 9.83. The fourth-order valence-electron chi connectivity index (χ4n) is 2.12. The van der Waals surface area contributed by atoms with Gasteiger partial charge in [-0.2, -0.15) is 0 Å². The lowest BCUT2D eigenvalue weighted by Gasteiger charge is -1.93. The third-order valence-electron chi connectivity index (χ3n) is 3.09. The Labute approximate surface area is 117 Å². The van der Waals surface area contributed by atoms with Gasteiger partial charge in [0.25, 0.3) is 0 Å². The summed E-state index contributed by atoms with van der Waals surface area (Å²) >= 11 is 0. The molecule has 2 heterocycles. The molecule has 0 saturated carbocycles. The molecule has 0 spiro atoms. The van der Waals surface area contributed by atoms with E-state index in [1.807, 2.05) is 30.3 Å². The monoisotopic (exact) mass is 262 g/mol. The van der Waals surface area contributed by atoms with Crippen molar-refractivity contribution in [3.8, 4) is 17.6 Å². The van der Waals surface area contributed by atoms with E-state index in [-0.39, 0.29) is 5.75 Å². The number of pyridine rings is 1. The van der Waals surface area contributed by atoms with Crippen LogP contribution in [-0.4, -0.2) is 15.1 Å². The summed E-state index contributed by atoms with van der Waals surface area (Å²) < 4.78 is 0. The summed E-state index contributed by atoms with van der Waals surface area (Å²) in [7, 11) is 0. The van der Waals surface area contributed by atoms with E-state index in [0.29, 0.717) is 0 Å². The van der Waals surface area contributed by atoms with Gasteiger partial charge in [-0.25, -0.2) is 4.98 Å². The van der Waals surface area contributed by atoms with Crippen LogP contribution in [0.15, 0.2) is 48.7 Å². The summed E-state index contributed by atoms with van der Waals surface area (Å²) in [5, 5.41) is 10.8. The minimum absolute atomic E-state index is 0.285. The van der Waals surface area contributed by atoms with Gasteiger partial charge in [0.1, 0.15) is 11.4 Å². The van der Waals surface area contributed by atoms with E-state index in [2.05, 4.69) is 27.9 Å². The number of aromatic amines is 1. The van der Waals surface area contributed by atoms with Crippen LogP contribution < -0.4 is 0 Å². The topological polar surface area (TPSA) is 48.9 Å². The maximum absolute atomic E-state index is 9.74. The van der Waals surface area contributed by atoms with Gasteiger partial charge in [-0.1, -0.05) is 24.1 Å². The molecule has 1 aromatic carbocycles. The highest BCUT2D eigenvalue weighted by molar-refractivity contribution is 5.85. The van der Waals surface area contributed by atoms with Crippen LogP contribution in [-0.2, 0) is 6.42 Å². The van der Waals surface area contributed by atoms with Gasteiger partial charge in [0.2, 0.25) is 0 Å². The van der Waals surface area contributed by atoms with Crippen LogP contribution in [0.25, 0.3) is 10.9 Å². The summed E-state index contributed by atoms with van der Waals surface area (Å²) in [5.74, 6) is 6.44. The Morgan fingerprint density at radius 1 is 1.15 bits per heavy atom. The van der Waals surface area contributed by atoms with Crippen molar-refractivity contribution in [1.82, 2.24) is 9.97 Å². The zero-order chi connectivity index (χ0) is 13.8. The zero-order valence-corrected chi connectivity index (χ0v) is 10.9. The van der Waals surface area contributed by atoms with Gasteiger partial charge in [-0.3, -0.25) is 0 Å². The molecule has 0 atom stereocenters. The average molecular weight is 262 g/mol. The number of benzene rings is 1. The minimum atomic E-state index is 0.285. The Bertz CT molecular complexity index is 779. The Morgan fingerprint density at radius 3 is 2.90 bits per heavy atom. The molecule has 2 aromatic heterocycles. The molecule has 98 valence electrons. The fourth-order valence-corrected chi connectivity index (χ4v) is 2.12. The number of phenols is 1. The Balaban J connectivity index is 1.69. The molecule has 0 aliphatic rings. The first-order valence-electron chi connectivity index (χ1n) is 6.52. The summed E-state index contributed by atoms with van der Waals surface area (Å²) in [6, 6.07) is 13.3. The minimum Gasteiger partial charge on any atom is -0.506 e. The first kappa shape index (κ1) is 12.3. The van der Waals surface area contributed by atoms with E-state index >= 15 is 0 Å². The molecule has 0 fully saturated rings. The highest BCUT2D eigenvalue weighted by Gasteiger charge is 2.03. The van der Waals surface area contributed by atoms with Crippen LogP contribution in [0.2, 0.25) is 0 Å². The van der Waals surface area contributed by atoms with Crippen molar-refractivity contribution in [3.63, 3.8) is 0 Å². The largest absolute Gasteiger partial charge is 0.506 e. The molecule has 3 rings (SSSR count). The van der Waals surface area contributed by atoms with Crippen LogP contribution in [0.4, 0.5) is 0 Å². The van der Waals surface area contributed by atoms with Crippen molar-refractivity contribution in [2.45, 2.75) is 12.8 Å². The number of H-pyrrole nitrogens is 1. The van der Waals surface area contributed by atoms with E-state index in [0.717, 1.165) is 35.1 Å². The Kier molecular flexibility index (Phi) is 3.38. The number of para-hydroxylation sites is 1. The van der Waals surface area contributed by atoms with Crippen molar-refractivity contribution >= 4 is 10.9 Å². The molecule has 0 amide bonds. The molecular weight excluding hydrogens is 248 g/mol. The molecule has 0 aliphatic carbocycles. The van der Waals surface area contributed by atoms with Crippen molar-refractivity contribution in [3.05, 3.63) is 60.0 Å². The highest BCUT2D eigenvalue weighted by Crippen LogP contribution is 2.24. The lowest BCUT2D eigenvalue weighted by Crippen LogP contribution is -1.83. The molecule has 0 bridgehead atoms. The number of nitrogens with one attached hydrogen (secondary N) is 1. The fraction of sp³-hybridized carbons (Fsp3) is 0.118. The van der Waals surface area contributed by atoms with Gasteiger partial charge in [0.05, 0.1) is 5.52 Å². The molecule has 0 saturated heterocycles. The van der Waals surface area contributed by atoms with Gasteiger partial charge in [0.15, 0.2) is 0 Å². The third kappa shape index (κ3) is 2.65. The van der Waals surface area contributed by atoms with Crippen LogP contribution in [0, 0.1) is 11.8 Å². The maximum atomic E-state index is 9.74. The van der Waals surface area contributed by atoms with Gasteiger partial charge < -0.3 is 10.1 Å². The summed E-state index contributed by atoms with van der Waals surface area (Å²) in [5.41, 5.74) is 2.67. The number of phenolic OH excluding ortho intramolecular Hbond substituents is 1. The highest BCUT2D eigenvalue weighted by atomic mass is 16.3. The van der Waals surface area contributed by atoms with Crippen molar-refractivity contribution in [1.29, 1.82) is 0 Å². The lowest BCUT2D eigenvalue weighted by molar-refractivity contribution is 0.480. The second kappa shape index (κ2) is 5.50. The van der Waals surface area contributed by atoms with Crippen molar-refractivity contribution in [2.75, 3.05) is 0 Å². The maximum Gasteiger partial charge on any atom is 0.139 e. The van der Waals surface area contributed by atoms with Crippen LogP contribution in [0.3, 0.4) is 0 Å². The number of aryl methyl sites for hydroxylation is 1. The quantitative estimate of drug-likeness (QED) is 0.696. The number of aromatic hydroxyl groups is 1. The molecule has 3 aromatic rings. The van der Waals surface area contributed by atoms with Gasteiger partial charge in [0, 0.05) is 23.7 Å². The number of nitrogens with zero attached hydrogens (tertiary/aromatic N) is 1. The van der Waals surface area contributed by atoms with Crippen LogP contribution >= 0.6 is 0 Å². The molecular formula is C17H14N2O. The van der Waals surface area contributed by atoms with Crippen LogP contribution in [0.1, 0.15) is 17.8 Å². The van der Waals surface area contributed by atoms with E-state index in [1.165, 1.54) is 0 Å². The standard InChI is InChI=1S/C17H14N2O/c20-16-10-5-6-13-12-15(19-17(13)16)9-2-1-7-14-8-3-4-11-18-14/h3-6,8,10-12,19-20H,2,9H2. The molecule has 0 radical (unpaired) electrons. The molecule has 3 nitrogen and oxygen atoms in total. The zero-order valence-electron chi connectivity index (χ0n) is 10.9. The van der Waals surface area contributed by atoms with Gasteiger partial charge >= 0.3 is 0 Å². The Morgan fingerprint density at radius 2 is 2.10 bits per heavy atom. The number of fused-ring (bicyclic) bond motifs is 1. The molecule has 2 N–H and O–H groups in total. The SMILES string of the molecule is Oc1cccc2cc(CCC#Cc3ccccn3)[nH]c12. The summed E-state index contributed by atoms with van der Waals surface area (Å²) in [6.07, 6.45) is 3.32. The van der Waals surface area contributed by atoms with E-state index in [9.17, 15) is 5.11 Å². The second-order valence-electron chi connectivity index (χ2n) is 4.55. The van der Waals surface area contributed by atoms with E-state index < -0.39 is 0 Å². The normalized spacial score (nSPS) is 10.2. The van der Waals surface area contributed by atoms with Crippen molar-refractivity contribution < 1.29 is 5.11 Å². The molecule has 0 unspecified atom stereocenters. The molecule has 0 aliphatic heterocycles. The van der Waals surface area contributed by atoms with E-state index in [4.69, 9.17) is 0 Å². The Hall–Kier alpha value is -2.73. The van der Waals surface area contributed by atoms with Gasteiger partial charge in [-0.05, 0) is 36.6 Å². The van der Waals surface area contributed by atoms with E-state index in [1.54, 1.807) is 12.3 Å². The summed E-state index contributed by atoms with van der Waals surface area (Å²) in [6.45, 7) is 0. The van der Waals surface area contributed by atoms with Gasteiger partial charge in [-0.15, -0.1) is 0 Å². The predicted molar refractivity (Wildman–Crippen MR) is 79.4 cm³/mol. The third-order valence-corrected chi connectivity index (χ3v) is 3.09. The molecule has 3 heteroatoms. The number of rotatable bonds is 2. The number of hydrogen-bond acceptors (Lipinski definition) is 2. The predicted octanol–water partition coefficient (Wildman–Crippen LogP) is 3.25. The number of hydrogen-bond donors (Lipinski definition) is 2.